The smallest absolute Gasteiger partial charge is 0.316 e. The Balaban J connectivity index is 2.17. The lowest BCUT2D eigenvalue weighted by molar-refractivity contribution is -0.146. The quantitative estimate of drug-likeness (QED) is 0.586. The van der Waals surface area contributed by atoms with Gasteiger partial charge in [-0.3, -0.25) is 9.59 Å². The summed E-state index contributed by atoms with van der Waals surface area (Å²) in [7, 11) is 0. The molecule has 0 amide bonds. The average Bonchev–Trinajstić information content (AvgIpc) is 2.62. The molecule has 2 fully saturated rings. The summed E-state index contributed by atoms with van der Waals surface area (Å²) < 4.78 is 5.26. The molecule has 0 unspecified atom stereocenters. The molecule has 3 heteroatoms. The van der Waals surface area contributed by atoms with Gasteiger partial charge < -0.3 is 4.74 Å². The summed E-state index contributed by atoms with van der Waals surface area (Å²) in [5, 5.41) is 0. The second-order valence-electron chi connectivity index (χ2n) is 5.19. The Bertz CT molecular complexity index is 407. The van der Waals surface area contributed by atoms with E-state index in [1.165, 1.54) is 0 Å². The van der Waals surface area contributed by atoms with Gasteiger partial charge in [0, 0.05) is 12.3 Å². The molecule has 0 radical (unpaired) electrons. The predicted octanol–water partition coefficient (Wildman–Crippen LogP) is 2.01. The molecule has 1 saturated heterocycles. The van der Waals surface area contributed by atoms with Gasteiger partial charge in [-0.25, -0.2) is 0 Å². The summed E-state index contributed by atoms with van der Waals surface area (Å²) in [6, 6.07) is 0. The number of hydrogen-bond donors (Lipinski definition) is 0. The van der Waals surface area contributed by atoms with E-state index in [0.717, 1.165) is 30.4 Å². The minimum absolute atomic E-state index is 0.0703. The number of carbonyl (C=O) groups excluding carboxylic acids is 2. The van der Waals surface area contributed by atoms with Crippen molar-refractivity contribution in [3.05, 3.63) is 11.1 Å². The zero-order valence-corrected chi connectivity index (χ0v) is 9.54. The highest BCUT2D eigenvalue weighted by atomic mass is 16.5. The first-order valence-electron chi connectivity index (χ1n) is 6.07. The number of Topliss-reactive ketones (excluding diaryl/α,β-unsaturated/α-hetero) is 1. The van der Waals surface area contributed by atoms with Crippen LogP contribution < -0.4 is 0 Å². The number of allylic oxidation sites excluding steroid dienone is 1. The molecular formula is C13H16O3. The lowest BCUT2D eigenvalue weighted by atomic mass is 9.58. The fourth-order valence-corrected chi connectivity index (χ4v) is 3.71. The number of ether oxygens (including phenoxy) is 1. The van der Waals surface area contributed by atoms with Crippen LogP contribution in [0.25, 0.3) is 0 Å². The van der Waals surface area contributed by atoms with Gasteiger partial charge in [-0.15, -0.1) is 0 Å². The maximum absolute atomic E-state index is 12.0. The number of cyclic esters (lactones) is 1. The molecule has 2 aliphatic carbocycles. The zero-order chi connectivity index (χ0) is 11.3. The number of rotatable bonds is 0. The van der Waals surface area contributed by atoms with Crippen LogP contribution in [0.1, 0.15) is 39.0 Å². The summed E-state index contributed by atoms with van der Waals surface area (Å²) >= 11 is 0. The summed E-state index contributed by atoms with van der Waals surface area (Å²) in [5.41, 5.74) is 1.54. The third-order valence-corrected chi connectivity index (χ3v) is 4.61. The number of ketones is 1. The highest BCUT2D eigenvalue weighted by Crippen LogP contribution is 2.55. The van der Waals surface area contributed by atoms with Gasteiger partial charge in [0.25, 0.3) is 0 Å². The second-order valence-corrected chi connectivity index (χ2v) is 5.19. The van der Waals surface area contributed by atoms with E-state index in [4.69, 9.17) is 4.74 Å². The SMILES string of the molecule is CC1=C2CCC[C@@H]3COC(=O)[C@]23CCC1=O. The summed E-state index contributed by atoms with van der Waals surface area (Å²) in [6.45, 7) is 2.44. The van der Waals surface area contributed by atoms with Crippen LogP contribution in [-0.2, 0) is 14.3 Å². The number of esters is 1. The van der Waals surface area contributed by atoms with E-state index in [9.17, 15) is 9.59 Å². The average molecular weight is 220 g/mol. The highest BCUT2D eigenvalue weighted by Gasteiger charge is 2.57. The molecule has 0 aromatic carbocycles. The van der Waals surface area contributed by atoms with Gasteiger partial charge in [0.15, 0.2) is 5.78 Å². The maximum Gasteiger partial charge on any atom is 0.316 e. The summed E-state index contributed by atoms with van der Waals surface area (Å²) in [5.74, 6) is 0.479. The molecule has 16 heavy (non-hydrogen) atoms. The van der Waals surface area contributed by atoms with E-state index in [1.807, 2.05) is 6.92 Å². The van der Waals surface area contributed by atoms with Crippen LogP contribution in [0.3, 0.4) is 0 Å². The minimum Gasteiger partial charge on any atom is -0.465 e. The Kier molecular flexibility index (Phi) is 2.00. The van der Waals surface area contributed by atoms with Gasteiger partial charge in [-0.05, 0) is 43.8 Å². The molecule has 1 aliphatic heterocycles. The fraction of sp³-hybridized carbons (Fsp3) is 0.692. The van der Waals surface area contributed by atoms with Crippen LogP contribution in [0.4, 0.5) is 0 Å². The summed E-state index contributed by atoms with van der Waals surface area (Å²) in [6.07, 6.45) is 4.26. The molecule has 86 valence electrons. The molecule has 1 spiro atoms. The number of carbonyl (C=O) groups is 2. The fourth-order valence-electron chi connectivity index (χ4n) is 3.71. The highest BCUT2D eigenvalue weighted by molar-refractivity contribution is 6.00. The molecule has 2 atom stereocenters. The Morgan fingerprint density at radius 1 is 1.31 bits per heavy atom. The molecule has 3 rings (SSSR count). The largest absolute Gasteiger partial charge is 0.465 e. The van der Waals surface area contributed by atoms with Crippen molar-refractivity contribution in [2.24, 2.45) is 11.3 Å². The zero-order valence-electron chi connectivity index (χ0n) is 9.54. The molecule has 0 bridgehead atoms. The van der Waals surface area contributed by atoms with Crippen molar-refractivity contribution in [2.45, 2.75) is 39.0 Å². The van der Waals surface area contributed by atoms with Crippen molar-refractivity contribution in [3.8, 4) is 0 Å². The van der Waals surface area contributed by atoms with E-state index in [1.54, 1.807) is 0 Å². The monoisotopic (exact) mass is 220 g/mol. The van der Waals surface area contributed by atoms with E-state index in [-0.39, 0.29) is 11.8 Å². The first kappa shape index (κ1) is 10.1. The Hall–Kier alpha value is -1.12. The minimum atomic E-state index is -0.407. The first-order valence-corrected chi connectivity index (χ1v) is 6.07. The van der Waals surface area contributed by atoms with E-state index in [2.05, 4.69) is 0 Å². The van der Waals surface area contributed by atoms with E-state index >= 15 is 0 Å². The second kappa shape index (κ2) is 3.19. The maximum atomic E-state index is 12.0. The normalized spacial score (nSPS) is 38.2. The van der Waals surface area contributed by atoms with Crippen molar-refractivity contribution < 1.29 is 14.3 Å². The van der Waals surface area contributed by atoms with Crippen LogP contribution in [0.15, 0.2) is 11.1 Å². The number of hydrogen-bond acceptors (Lipinski definition) is 3. The van der Waals surface area contributed by atoms with Gasteiger partial charge >= 0.3 is 5.97 Å². The topological polar surface area (TPSA) is 43.4 Å². The third kappa shape index (κ3) is 1.04. The van der Waals surface area contributed by atoms with Crippen LogP contribution in [0.5, 0.6) is 0 Å². The van der Waals surface area contributed by atoms with Gasteiger partial charge in [-0.2, -0.15) is 0 Å². The van der Waals surface area contributed by atoms with Gasteiger partial charge in [0.2, 0.25) is 0 Å². The molecule has 3 aliphatic rings. The molecule has 0 aromatic rings. The van der Waals surface area contributed by atoms with Gasteiger partial charge in [0.1, 0.15) is 0 Å². The van der Waals surface area contributed by atoms with Crippen molar-refractivity contribution in [1.82, 2.24) is 0 Å². The van der Waals surface area contributed by atoms with Crippen LogP contribution in [0.2, 0.25) is 0 Å². The predicted molar refractivity (Wildman–Crippen MR) is 57.7 cm³/mol. The lowest BCUT2D eigenvalue weighted by Gasteiger charge is -2.41. The molecule has 0 N–H and O–H groups in total. The Morgan fingerprint density at radius 2 is 2.12 bits per heavy atom. The molecule has 3 nitrogen and oxygen atoms in total. The standard InChI is InChI=1S/C13H16O3/c1-8-10-4-2-3-9-7-16-12(15)13(9,10)6-5-11(8)14/h9H,2-7H2,1H3/t9-,13+/m1/s1. The first-order chi connectivity index (χ1) is 7.66. The molecule has 1 heterocycles. The Labute approximate surface area is 94.8 Å². The van der Waals surface area contributed by atoms with E-state index < -0.39 is 5.41 Å². The van der Waals surface area contributed by atoms with Crippen molar-refractivity contribution in [1.29, 1.82) is 0 Å². The molecule has 1 saturated carbocycles. The van der Waals surface area contributed by atoms with Gasteiger partial charge in [-0.1, -0.05) is 0 Å². The van der Waals surface area contributed by atoms with E-state index in [0.29, 0.717) is 25.4 Å². The van der Waals surface area contributed by atoms with Crippen LogP contribution in [0, 0.1) is 11.3 Å². The molecular weight excluding hydrogens is 204 g/mol. The third-order valence-electron chi connectivity index (χ3n) is 4.61. The van der Waals surface area contributed by atoms with Crippen LogP contribution in [-0.4, -0.2) is 18.4 Å². The molecule has 0 aromatic heterocycles. The van der Waals surface area contributed by atoms with Gasteiger partial charge in [0.05, 0.1) is 12.0 Å². The lowest BCUT2D eigenvalue weighted by Crippen LogP contribution is -2.42. The van der Waals surface area contributed by atoms with Crippen molar-refractivity contribution >= 4 is 11.8 Å². The summed E-state index contributed by atoms with van der Waals surface area (Å²) in [4.78, 5) is 23.8. The Morgan fingerprint density at radius 3 is 2.94 bits per heavy atom. The van der Waals surface area contributed by atoms with Crippen LogP contribution >= 0.6 is 0 Å². The van der Waals surface area contributed by atoms with Crippen molar-refractivity contribution in [3.63, 3.8) is 0 Å². The van der Waals surface area contributed by atoms with Crippen molar-refractivity contribution in [2.75, 3.05) is 6.61 Å².